The number of urea groups is 1. The van der Waals surface area contributed by atoms with E-state index in [9.17, 15) is 14.4 Å². The molecule has 0 spiro atoms. The van der Waals surface area contributed by atoms with Gasteiger partial charge < -0.3 is 21.5 Å². The largest absolute Gasteiger partial charge is 0.480 e. The molecule has 1 rings (SSSR count). The lowest BCUT2D eigenvalue weighted by molar-refractivity contribution is -0.142. The summed E-state index contributed by atoms with van der Waals surface area (Å²) in [7, 11) is 0. The van der Waals surface area contributed by atoms with E-state index in [0.29, 0.717) is 0 Å². The number of benzene rings is 1. The van der Waals surface area contributed by atoms with Crippen LogP contribution >= 0.6 is 0 Å². The van der Waals surface area contributed by atoms with Gasteiger partial charge in [0.15, 0.2) is 0 Å². The summed E-state index contributed by atoms with van der Waals surface area (Å²) < 4.78 is 0. The Morgan fingerprint density at radius 1 is 1.20 bits per heavy atom. The zero-order valence-corrected chi connectivity index (χ0v) is 11.0. The fourth-order valence-corrected chi connectivity index (χ4v) is 1.63. The highest BCUT2D eigenvalue weighted by atomic mass is 16.4. The normalized spacial score (nSPS) is 13.1. The summed E-state index contributed by atoms with van der Waals surface area (Å²) in [5.41, 5.74) is 5.69. The molecular weight excluding hydrogens is 262 g/mol. The fourth-order valence-electron chi connectivity index (χ4n) is 1.63. The Hall–Kier alpha value is -2.57. The zero-order valence-electron chi connectivity index (χ0n) is 11.0. The maximum Gasteiger partial charge on any atom is 0.326 e. The third kappa shape index (κ3) is 4.97. The predicted octanol–water partition coefficient (Wildman–Crippen LogP) is -0.145. The van der Waals surface area contributed by atoms with Crippen LogP contribution in [0.2, 0.25) is 0 Å². The number of nitrogens with two attached hydrogens (primary N) is 1. The van der Waals surface area contributed by atoms with E-state index in [-0.39, 0.29) is 6.42 Å². The van der Waals surface area contributed by atoms with Crippen LogP contribution in [-0.2, 0) is 16.0 Å². The van der Waals surface area contributed by atoms with E-state index in [1.54, 1.807) is 24.3 Å². The summed E-state index contributed by atoms with van der Waals surface area (Å²) in [5.74, 6) is -1.75. The Labute approximate surface area is 116 Å². The average molecular weight is 279 g/mol. The maximum atomic E-state index is 11.7. The van der Waals surface area contributed by atoms with Crippen LogP contribution in [-0.4, -0.2) is 35.1 Å². The van der Waals surface area contributed by atoms with E-state index in [4.69, 9.17) is 10.8 Å². The van der Waals surface area contributed by atoms with E-state index >= 15 is 0 Å². The topological polar surface area (TPSA) is 122 Å². The van der Waals surface area contributed by atoms with Crippen molar-refractivity contribution in [2.45, 2.75) is 25.4 Å². The minimum absolute atomic E-state index is 0.158. The Balaban J connectivity index is 2.66. The molecule has 7 nitrogen and oxygen atoms in total. The summed E-state index contributed by atoms with van der Waals surface area (Å²) in [6, 6.07) is 6.12. The van der Waals surface area contributed by atoms with Crippen LogP contribution in [0.4, 0.5) is 4.79 Å². The Morgan fingerprint density at radius 2 is 1.80 bits per heavy atom. The van der Waals surface area contributed by atoms with Gasteiger partial charge >= 0.3 is 12.0 Å². The van der Waals surface area contributed by atoms with Crippen LogP contribution < -0.4 is 16.4 Å². The Kier molecular flexibility index (Phi) is 5.52. The summed E-state index contributed by atoms with van der Waals surface area (Å²) in [6.45, 7) is 1.42. The lowest BCUT2D eigenvalue weighted by atomic mass is 10.1. The lowest BCUT2D eigenvalue weighted by Gasteiger charge is -2.18. The monoisotopic (exact) mass is 279 g/mol. The molecule has 0 unspecified atom stereocenters. The van der Waals surface area contributed by atoms with E-state index in [1.807, 2.05) is 6.07 Å². The van der Waals surface area contributed by atoms with E-state index < -0.39 is 30.0 Å². The third-order valence-electron chi connectivity index (χ3n) is 2.65. The smallest absolute Gasteiger partial charge is 0.326 e. The first-order valence-corrected chi connectivity index (χ1v) is 6.03. The predicted molar refractivity (Wildman–Crippen MR) is 71.9 cm³/mol. The van der Waals surface area contributed by atoms with Crippen molar-refractivity contribution in [1.82, 2.24) is 10.6 Å². The van der Waals surface area contributed by atoms with Crippen molar-refractivity contribution in [2.24, 2.45) is 5.73 Å². The van der Waals surface area contributed by atoms with Crippen molar-refractivity contribution >= 4 is 17.9 Å². The molecule has 1 aromatic carbocycles. The molecular formula is C13H17N3O4. The second-order valence-corrected chi connectivity index (χ2v) is 4.32. The van der Waals surface area contributed by atoms with Gasteiger partial charge in [0.1, 0.15) is 12.1 Å². The van der Waals surface area contributed by atoms with Gasteiger partial charge in [-0.05, 0) is 12.5 Å². The average Bonchev–Trinajstić information content (AvgIpc) is 2.38. The van der Waals surface area contributed by atoms with Gasteiger partial charge in [-0.1, -0.05) is 30.3 Å². The molecule has 0 aliphatic heterocycles. The molecule has 20 heavy (non-hydrogen) atoms. The van der Waals surface area contributed by atoms with Crippen molar-refractivity contribution < 1.29 is 19.5 Å². The van der Waals surface area contributed by atoms with Crippen molar-refractivity contribution in [3.05, 3.63) is 35.9 Å². The first kappa shape index (κ1) is 15.5. The molecule has 0 aliphatic rings. The Bertz CT molecular complexity index is 490. The number of aliphatic carboxylic acids is 1. The molecule has 2 atom stereocenters. The number of carbonyl (C=O) groups is 3. The molecule has 7 heteroatoms. The first-order chi connectivity index (χ1) is 9.40. The van der Waals surface area contributed by atoms with Crippen LogP contribution in [0, 0.1) is 0 Å². The molecule has 0 bridgehead atoms. The number of carboxylic acid groups (broad SMARTS) is 1. The number of nitrogens with one attached hydrogen (secondary N) is 2. The fraction of sp³-hybridized carbons (Fsp3) is 0.308. The van der Waals surface area contributed by atoms with Crippen LogP contribution in [0.1, 0.15) is 12.5 Å². The van der Waals surface area contributed by atoms with Gasteiger partial charge in [0, 0.05) is 6.42 Å². The van der Waals surface area contributed by atoms with Gasteiger partial charge in [0.05, 0.1) is 0 Å². The van der Waals surface area contributed by atoms with Gasteiger partial charge in [-0.3, -0.25) is 4.79 Å². The van der Waals surface area contributed by atoms with Crippen LogP contribution in [0.25, 0.3) is 0 Å². The number of hydrogen-bond acceptors (Lipinski definition) is 3. The van der Waals surface area contributed by atoms with Gasteiger partial charge in [0.2, 0.25) is 5.91 Å². The van der Waals surface area contributed by atoms with Crippen molar-refractivity contribution in [2.75, 3.05) is 0 Å². The first-order valence-electron chi connectivity index (χ1n) is 6.03. The highest BCUT2D eigenvalue weighted by molar-refractivity contribution is 5.89. The van der Waals surface area contributed by atoms with Gasteiger partial charge in [0.25, 0.3) is 0 Å². The zero-order chi connectivity index (χ0) is 15.1. The number of carboxylic acids is 1. The highest BCUT2D eigenvalue weighted by Gasteiger charge is 2.23. The summed E-state index contributed by atoms with van der Waals surface area (Å²) >= 11 is 0. The molecule has 3 amide bonds. The molecule has 0 radical (unpaired) electrons. The molecule has 0 saturated heterocycles. The van der Waals surface area contributed by atoms with Gasteiger partial charge in [-0.25, -0.2) is 9.59 Å². The minimum atomic E-state index is -1.14. The van der Waals surface area contributed by atoms with E-state index in [2.05, 4.69) is 10.6 Å². The van der Waals surface area contributed by atoms with Gasteiger partial charge in [-0.2, -0.15) is 0 Å². The number of rotatable bonds is 6. The summed E-state index contributed by atoms with van der Waals surface area (Å²) in [6.07, 6.45) is 0.158. The van der Waals surface area contributed by atoms with Gasteiger partial charge in [-0.15, -0.1) is 0 Å². The quantitative estimate of drug-likeness (QED) is 0.578. The Morgan fingerprint density at radius 3 is 2.30 bits per heavy atom. The van der Waals surface area contributed by atoms with Crippen molar-refractivity contribution in [3.8, 4) is 0 Å². The number of carbonyl (C=O) groups excluding carboxylic acids is 2. The SMILES string of the molecule is C[C@H](NC(N)=O)C(=O)N[C@@H](Cc1ccccc1)C(=O)O. The highest BCUT2D eigenvalue weighted by Crippen LogP contribution is 2.03. The molecule has 0 fully saturated rings. The van der Waals surface area contributed by atoms with E-state index in [0.717, 1.165) is 5.56 Å². The van der Waals surface area contributed by atoms with Crippen LogP contribution in [0.3, 0.4) is 0 Å². The van der Waals surface area contributed by atoms with Crippen molar-refractivity contribution in [3.63, 3.8) is 0 Å². The molecule has 108 valence electrons. The molecule has 0 aromatic heterocycles. The second-order valence-electron chi connectivity index (χ2n) is 4.32. The van der Waals surface area contributed by atoms with E-state index in [1.165, 1.54) is 6.92 Å². The number of amides is 3. The second kappa shape index (κ2) is 7.13. The summed E-state index contributed by atoms with van der Waals surface area (Å²) in [4.78, 5) is 33.5. The molecule has 0 heterocycles. The van der Waals surface area contributed by atoms with Crippen LogP contribution in [0.5, 0.6) is 0 Å². The number of primary amides is 1. The minimum Gasteiger partial charge on any atom is -0.480 e. The lowest BCUT2D eigenvalue weighted by Crippen LogP contribution is -2.52. The summed E-state index contributed by atoms with van der Waals surface area (Å²) in [5, 5.41) is 13.7. The van der Waals surface area contributed by atoms with Crippen molar-refractivity contribution in [1.29, 1.82) is 0 Å². The maximum absolute atomic E-state index is 11.7. The third-order valence-corrected chi connectivity index (χ3v) is 2.65. The molecule has 0 aliphatic carbocycles. The standard InChI is InChI=1S/C13H17N3O4/c1-8(15-13(14)20)11(17)16-10(12(18)19)7-9-5-3-2-4-6-9/h2-6,8,10H,7H2,1H3,(H,16,17)(H,18,19)(H3,14,15,20)/t8-,10-/m0/s1. The number of hydrogen-bond donors (Lipinski definition) is 4. The van der Waals surface area contributed by atoms with Crippen LogP contribution in [0.15, 0.2) is 30.3 Å². The molecule has 1 aromatic rings. The molecule has 0 saturated carbocycles. The molecule has 5 N–H and O–H groups in total.